The molecule has 0 saturated heterocycles. The van der Waals surface area contributed by atoms with Gasteiger partial charge in [-0.2, -0.15) is 0 Å². The second-order valence-corrected chi connectivity index (χ2v) is 11.0. The Bertz CT molecular complexity index is 1130. The van der Waals surface area contributed by atoms with Crippen molar-refractivity contribution in [1.29, 1.82) is 0 Å². The first-order chi connectivity index (χ1) is 17.7. The number of ether oxygens (including phenoxy) is 1. The smallest absolute Gasteiger partial charge is 0.224 e. The molecule has 1 amide bonds. The van der Waals surface area contributed by atoms with E-state index in [2.05, 4.69) is 51.2 Å². The lowest BCUT2D eigenvalue weighted by molar-refractivity contribution is -0.116. The number of hydrogen-bond acceptors (Lipinski definition) is 3. The van der Waals surface area contributed by atoms with Gasteiger partial charge in [-0.3, -0.25) is 4.79 Å². The van der Waals surface area contributed by atoms with Gasteiger partial charge in [0.2, 0.25) is 5.91 Å². The maximum absolute atomic E-state index is 13.5. The maximum atomic E-state index is 13.5. The van der Waals surface area contributed by atoms with Crippen LogP contribution in [-0.4, -0.2) is 11.0 Å². The fourth-order valence-corrected chi connectivity index (χ4v) is 4.70. The van der Waals surface area contributed by atoms with Crippen molar-refractivity contribution >= 4 is 11.6 Å². The van der Waals surface area contributed by atoms with Crippen molar-refractivity contribution in [2.45, 2.75) is 90.8 Å². The molecule has 2 unspecified atom stereocenters. The SMILES string of the molecule is CCCCCC(CC(=O)Nc1cc(C(C)O)ccc1C(C)(C)C)c1ccccc1OCc1ccccc1. The number of aliphatic hydroxyl groups is 1. The van der Waals surface area contributed by atoms with E-state index in [0.717, 1.165) is 59.4 Å². The largest absolute Gasteiger partial charge is 0.489 e. The number of anilines is 1. The zero-order valence-electron chi connectivity index (χ0n) is 23.1. The van der Waals surface area contributed by atoms with Crippen LogP contribution in [-0.2, 0) is 16.8 Å². The molecule has 198 valence electrons. The molecule has 0 aliphatic carbocycles. The van der Waals surface area contributed by atoms with Crippen molar-refractivity contribution in [2.75, 3.05) is 5.32 Å². The Morgan fingerprint density at radius 2 is 1.68 bits per heavy atom. The normalized spacial score (nSPS) is 13.1. The molecule has 4 heteroatoms. The van der Waals surface area contributed by atoms with Crippen molar-refractivity contribution in [3.05, 3.63) is 95.1 Å². The Morgan fingerprint density at radius 3 is 2.35 bits per heavy atom. The molecule has 0 bridgehead atoms. The molecule has 0 saturated carbocycles. The number of carbonyl (C=O) groups excluding carboxylic acids is 1. The number of hydrogen-bond donors (Lipinski definition) is 2. The van der Waals surface area contributed by atoms with Gasteiger partial charge in [-0.15, -0.1) is 0 Å². The molecule has 37 heavy (non-hydrogen) atoms. The van der Waals surface area contributed by atoms with Crippen LogP contribution in [0, 0.1) is 0 Å². The lowest BCUT2D eigenvalue weighted by atomic mass is 9.84. The molecule has 3 rings (SSSR count). The van der Waals surface area contributed by atoms with Crippen LogP contribution < -0.4 is 10.1 Å². The van der Waals surface area contributed by atoms with Crippen LogP contribution in [0.15, 0.2) is 72.8 Å². The van der Waals surface area contributed by atoms with E-state index in [-0.39, 0.29) is 17.2 Å². The van der Waals surface area contributed by atoms with Gasteiger partial charge in [0.25, 0.3) is 0 Å². The molecule has 0 aliphatic rings. The summed E-state index contributed by atoms with van der Waals surface area (Å²) >= 11 is 0. The van der Waals surface area contributed by atoms with Crippen LogP contribution in [0.25, 0.3) is 0 Å². The van der Waals surface area contributed by atoms with E-state index >= 15 is 0 Å². The Balaban J connectivity index is 1.83. The van der Waals surface area contributed by atoms with Crippen molar-refractivity contribution in [1.82, 2.24) is 0 Å². The predicted octanol–water partition coefficient (Wildman–Crippen LogP) is 8.31. The lowest BCUT2D eigenvalue weighted by Crippen LogP contribution is -2.21. The van der Waals surface area contributed by atoms with Crippen LogP contribution in [0.4, 0.5) is 5.69 Å². The van der Waals surface area contributed by atoms with E-state index in [4.69, 9.17) is 4.74 Å². The summed E-state index contributed by atoms with van der Waals surface area (Å²) in [6.45, 7) is 10.8. The first-order valence-corrected chi connectivity index (χ1v) is 13.6. The van der Waals surface area contributed by atoms with Gasteiger partial charge in [-0.25, -0.2) is 0 Å². The highest BCUT2D eigenvalue weighted by molar-refractivity contribution is 5.92. The number of rotatable bonds is 12. The van der Waals surface area contributed by atoms with E-state index in [9.17, 15) is 9.90 Å². The summed E-state index contributed by atoms with van der Waals surface area (Å²) in [5.41, 5.74) is 4.68. The Labute approximate surface area is 223 Å². The van der Waals surface area contributed by atoms with Gasteiger partial charge in [-0.1, -0.05) is 108 Å². The van der Waals surface area contributed by atoms with Crippen LogP contribution in [0.1, 0.15) is 101 Å². The molecule has 3 aromatic rings. The highest BCUT2D eigenvalue weighted by Gasteiger charge is 2.23. The highest BCUT2D eigenvalue weighted by Crippen LogP contribution is 2.35. The van der Waals surface area contributed by atoms with Gasteiger partial charge in [0.15, 0.2) is 0 Å². The standard InChI is InChI=1S/C33H43NO3/c1-6-7-9-16-27(28-17-12-13-18-31(28)37-23-25-14-10-8-11-15-25)22-32(36)34-30-21-26(24(2)35)19-20-29(30)33(3,4)5/h8,10-15,17-21,24,27,35H,6-7,9,16,22-23H2,1-5H3,(H,34,36). The average Bonchev–Trinajstić information content (AvgIpc) is 2.87. The Hall–Kier alpha value is -3.11. The second-order valence-electron chi connectivity index (χ2n) is 11.0. The number of carbonyl (C=O) groups is 1. The van der Waals surface area contributed by atoms with Gasteiger partial charge in [-0.05, 0) is 59.1 Å². The fraction of sp³-hybridized carbons (Fsp3) is 0.424. The monoisotopic (exact) mass is 501 g/mol. The number of benzene rings is 3. The number of aliphatic hydroxyl groups excluding tert-OH is 1. The summed E-state index contributed by atoms with van der Waals surface area (Å²) in [5.74, 6) is 0.872. The van der Waals surface area contributed by atoms with Gasteiger partial charge in [0.1, 0.15) is 12.4 Å². The molecule has 3 aromatic carbocycles. The number of nitrogens with one attached hydrogen (secondary N) is 1. The lowest BCUT2D eigenvalue weighted by Gasteiger charge is -2.25. The van der Waals surface area contributed by atoms with E-state index in [1.807, 2.05) is 54.6 Å². The highest BCUT2D eigenvalue weighted by atomic mass is 16.5. The second kappa shape index (κ2) is 13.4. The van der Waals surface area contributed by atoms with Crippen molar-refractivity contribution < 1.29 is 14.6 Å². The number of amides is 1. The van der Waals surface area contributed by atoms with Crippen LogP contribution in [0.3, 0.4) is 0 Å². The van der Waals surface area contributed by atoms with Crippen molar-refractivity contribution in [3.8, 4) is 5.75 Å². The molecule has 0 aromatic heterocycles. The minimum atomic E-state index is -0.597. The van der Waals surface area contributed by atoms with Gasteiger partial charge >= 0.3 is 0 Å². The topological polar surface area (TPSA) is 58.6 Å². The Morgan fingerprint density at radius 1 is 0.973 bits per heavy atom. The molecular formula is C33H43NO3. The summed E-state index contributed by atoms with van der Waals surface area (Å²) in [6.07, 6.45) is 4.03. The molecule has 2 N–H and O–H groups in total. The summed E-state index contributed by atoms with van der Waals surface area (Å²) in [5, 5.41) is 13.3. The van der Waals surface area contributed by atoms with Gasteiger partial charge in [0.05, 0.1) is 6.10 Å². The van der Waals surface area contributed by atoms with Gasteiger partial charge < -0.3 is 15.2 Å². The van der Waals surface area contributed by atoms with E-state index < -0.39 is 6.10 Å². The number of para-hydroxylation sites is 1. The van der Waals surface area contributed by atoms with Crippen LogP contribution in [0.5, 0.6) is 5.75 Å². The molecule has 2 atom stereocenters. The third-order valence-corrected chi connectivity index (χ3v) is 6.79. The fourth-order valence-electron chi connectivity index (χ4n) is 4.70. The predicted molar refractivity (Wildman–Crippen MR) is 153 cm³/mol. The number of unbranched alkanes of at least 4 members (excludes halogenated alkanes) is 2. The maximum Gasteiger partial charge on any atom is 0.224 e. The molecule has 4 nitrogen and oxygen atoms in total. The minimum absolute atomic E-state index is 0.0207. The molecule has 0 aliphatic heterocycles. The summed E-state index contributed by atoms with van der Waals surface area (Å²) in [7, 11) is 0. The summed E-state index contributed by atoms with van der Waals surface area (Å²) in [4.78, 5) is 13.5. The molecule has 0 heterocycles. The summed E-state index contributed by atoms with van der Waals surface area (Å²) in [6, 6.07) is 24.1. The van der Waals surface area contributed by atoms with E-state index in [0.29, 0.717) is 13.0 Å². The average molecular weight is 502 g/mol. The molecular weight excluding hydrogens is 458 g/mol. The van der Waals surface area contributed by atoms with Crippen LogP contribution in [0.2, 0.25) is 0 Å². The quantitative estimate of drug-likeness (QED) is 0.245. The van der Waals surface area contributed by atoms with Gasteiger partial charge in [0, 0.05) is 12.1 Å². The van der Waals surface area contributed by atoms with Crippen molar-refractivity contribution in [2.24, 2.45) is 0 Å². The molecule has 0 spiro atoms. The third-order valence-electron chi connectivity index (χ3n) is 6.79. The first kappa shape index (κ1) is 28.5. The zero-order chi connectivity index (χ0) is 26.8. The third kappa shape index (κ3) is 8.46. The van der Waals surface area contributed by atoms with Crippen molar-refractivity contribution in [3.63, 3.8) is 0 Å². The summed E-state index contributed by atoms with van der Waals surface area (Å²) < 4.78 is 6.26. The molecule has 0 radical (unpaired) electrons. The van der Waals surface area contributed by atoms with Crippen LogP contribution >= 0.6 is 0 Å². The molecule has 0 fully saturated rings. The Kier molecular flexibility index (Phi) is 10.3. The zero-order valence-corrected chi connectivity index (χ0v) is 23.1. The van der Waals surface area contributed by atoms with E-state index in [1.54, 1.807) is 6.92 Å². The minimum Gasteiger partial charge on any atom is -0.489 e. The first-order valence-electron chi connectivity index (χ1n) is 13.6. The van der Waals surface area contributed by atoms with E-state index in [1.165, 1.54) is 0 Å².